The number of carbonyl (C=O) groups excluding carboxylic acids is 3. The molecule has 0 atom stereocenters. The molecule has 11 heteroatoms. The first kappa shape index (κ1) is 32.8. The molecule has 6 rings (SSSR count). The van der Waals surface area contributed by atoms with Crippen LogP contribution in [-0.4, -0.2) is 36.6 Å². The van der Waals surface area contributed by atoms with E-state index < -0.39 is 17.8 Å². The second kappa shape index (κ2) is 14.7. The monoisotopic (exact) mass is 697 g/mol. The van der Waals surface area contributed by atoms with Gasteiger partial charge in [-0.3, -0.25) is 9.59 Å². The lowest BCUT2D eigenvalue weighted by molar-refractivity contribution is -0.697. The van der Waals surface area contributed by atoms with E-state index in [0.717, 1.165) is 51.1 Å². The lowest BCUT2D eigenvalue weighted by Crippen LogP contribution is -3.00. The zero-order chi connectivity index (χ0) is 31.3. The molecule has 1 saturated heterocycles. The minimum Gasteiger partial charge on any atom is -1.00 e. The van der Waals surface area contributed by atoms with Gasteiger partial charge in [-0.2, -0.15) is 8.75 Å². The van der Waals surface area contributed by atoms with Crippen molar-refractivity contribution in [3.63, 3.8) is 0 Å². The van der Waals surface area contributed by atoms with Gasteiger partial charge < -0.3 is 21.8 Å². The molecule has 1 fully saturated rings. The molecule has 4 heterocycles. The molecule has 0 saturated carbocycles. The van der Waals surface area contributed by atoms with Crippen molar-refractivity contribution >= 4 is 52.7 Å². The molecule has 0 spiro atoms. The summed E-state index contributed by atoms with van der Waals surface area (Å²) < 4.78 is 11.4. The number of carbonyl (C=O) groups is 3. The number of rotatable bonds is 10. The van der Waals surface area contributed by atoms with Crippen molar-refractivity contribution in [1.82, 2.24) is 18.8 Å². The highest BCUT2D eigenvalue weighted by Gasteiger charge is 2.32. The van der Waals surface area contributed by atoms with E-state index in [4.69, 9.17) is 14.2 Å². The minimum atomic E-state index is -0.570. The van der Waals surface area contributed by atoms with Crippen molar-refractivity contribution in [3.8, 4) is 22.4 Å². The Hall–Kier alpha value is -4.61. The number of nitrogens with zero attached hydrogens (tertiary/aromatic N) is 5. The number of fused-ring (bicyclic) bond motifs is 1. The van der Waals surface area contributed by atoms with Crippen LogP contribution in [0.1, 0.15) is 54.5 Å². The second-order valence-corrected chi connectivity index (χ2v) is 11.6. The van der Waals surface area contributed by atoms with Gasteiger partial charge in [0.1, 0.15) is 17.6 Å². The van der Waals surface area contributed by atoms with Crippen LogP contribution in [0.15, 0.2) is 73.1 Å². The van der Waals surface area contributed by atoms with Gasteiger partial charge in [-0.25, -0.2) is 14.3 Å². The molecule has 0 bridgehead atoms. The molecule has 5 aromatic rings. The van der Waals surface area contributed by atoms with Crippen molar-refractivity contribution < 1.29 is 40.8 Å². The Morgan fingerprint density at radius 1 is 0.848 bits per heavy atom. The van der Waals surface area contributed by atoms with Gasteiger partial charge in [0.25, 0.3) is 11.8 Å². The van der Waals surface area contributed by atoms with E-state index in [0.29, 0.717) is 18.0 Å². The van der Waals surface area contributed by atoms with Crippen LogP contribution >= 0.6 is 11.7 Å². The standard InChI is InChI=1S/C35H32N5O4S.BrH/c1-23-6-11-26(12-7-23)32-28(36-33(35-34(32)37-45-38-35)27-13-8-24(2)9-14-27)15-10-25-18-21-39(22-19-25)20-4-3-5-31(43)44-40-29(41)16-17-30(40)42;/h6-15,18-19,21-22H,3-5,16-17,20H2,1-2H3;1H/q+1;/p-1/b15-10+;. The SMILES string of the molecule is Cc1ccc(-c2nc(/C=C/c3cc[n+](CCCCC(=O)ON4C(=O)CCC4=O)cc3)c(-c3ccc(C)cc3)c3nsnc23)cc1.[Br-]. The molecule has 0 aliphatic carbocycles. The van der Waals surface area contributed by atoms with E-state index >= 15 is 0 Å². The number of amides is 2. The maximum Gasteiger partial charge on any atom is 0.333 e. The van der Waals surface area contributed by atoms with Crippen LogP contribution in [0, 0.1) is 13.8 Å². The largest absolute Gasteiger partial charge is 1.00 e. The second-order valence-electron chi connectivity index (χ2n) is 11.1. The Labute approximate surface area is 281 Å². The molecule has 0 N–H and O–H groups in total. The number of aromatic nitrogens is 4. The minimum absolute atomic E-state index is 0. The normalized spacial score (nSPS) is 13.0. The molecule has 46 heavy (non-hydrogen) atoms. The summed E-state index contributed by atoms with van der Waals surface area (Å²) >= 11 is 1.20. The number of imide groups is 1. The van der Waals surface area contributed by atoms with Crippen molar-refractivity contribution in [2.24, 2.45) is 0 Å². The average Bonchev–Trinajstić information content (AvgIpc) is 3.66. The number of benzene rings is 2. The van der Waals surface area contributed by atoms with Crippen molar-refractivity contribution in [2.75, 3.05) is 0 Å². The Kier molecular flexibility index (Phi) is 10.4. The van der Waals surface area contributed by atoms with Gasteiger partial charge in [0.05, 0.1) is 23.1 Å². The summed E-state index contributed by atoms with van der Waals surface area (Å²) in [5.74, 6) is -1.50. The van der Waals surface area contributed by atoms with Crippen LogP contribution in [0.3, 0.4) is 0 Å². The van der Waals surface area contributed by atoms with Crippen molar-refractivity contribution in [2.45, 2.75) is 52.5 Å². The number of aryl methyl sites for hydroxylation is 3. The molecule has 1 aliphatic heterocycles. The summed E-state index contributed by atoms with van der Waals surface area (Å²) in [6.45, 7) is 4.85. The molecule has 9 nitrogen and oxygen atoms in total. The zero-order valence-electron chi connectivity index (χ0n) is 25.5. The Balaban J connectivity index is 0.00000417. The highest BCUT2D eigenvalue weighted by Crippen LogP contribution is 2.36. The van der Waals surface area contributed by atoms with E-state index in [2.05, 4.69) is 71.3 Å². The molecule has 2 amide bonds. The average molecular weight is 699 g/mol. The Morgan fingerprint density at radius 3 is 2.11 bits per heavy atom. The summed E-state index contributed by atoms with van der Waals surface area (Å²) in [7, 11) is 0. The summed E-state index contributed by atoms with van der Waals surface area (Å²) in [5.41, 5.74) is 9.61. The van der Waals surface area contributed by atoms with Crippen LogP contribution in [0.5, 0.6) is 0 Å². The van der Waals surface area contributed by atoms with Gasteiger partial charge in [0.2, 0.25) is 0 Å². The van der Waals surface area contributed by atoms with E-state index in [1.54, 1.807) is 0 Å². The first-order valence-corrected chi connectivity index (χ1v) is 15.6. The zero-order valence-corrected chi connectivity index (χ0v) is 27.9. The maximum atomic E-state index is 12.0. The molecule has 234 valence electrons. The van der Waals surface area contributed by atoms with Gasteiger partial charge in [0, 0.05) is 48.9 Å². The summed E-state index contributed by atoms with van der Waals surface area (Å²) in [6.07, 6.45) is 9.71. The fourth-order valence-electron chi connectivity index (χ4n) is 5.17. The third kappa shape index (κ3) is 7.43. The van der Waals surface area contributed by atoms with Gasteiger partial charge in [-0.1, -0.05) is 65.7 Å². The van der Waals surface area contributed by atoms with Crippen LogP contribution in [-0.2, 0) is 25.8 Å². The quantitative estimate of drug-likeness (QED) is 0.125. The molecule has 1 aliphatic rings. The number of unbranched alkanes of at least 4 members (excludes halogenated alkanes) is 1. The number of pyridine rings is 2. The van der Waals surface area contributed by atoms with Crippen molar-refractivity contribution in [3.05, 3.63) is 95.4 Å². The number of hydroxylamine groups is 2. The third-order valence-electron chi connectivity index (χ3n) is 7.70. The summed E-state index contributed by atoms with van der Waals surface area (Å²) in [5, 5.41) is 0.595. The Morgan fingerprint density at radius 2 is 1.46 bits per heavy atom. The fourth-order valence-corrected chi connectivity index (χ4v) is 5.72. The molecule has 0 radical (unpaired) electrons. The lowest BCUT2D eigenvalue weighted by Gasteiger charge is -2.12. The fraction of sp³-hybridized carbons (Fsp3) is 0.229. The smallest absolute Gasteiger partial charge is 0.333 e. The molecule has 2 aromatic carbocycles. The lowest BCUT2D eigenvalue weighted by atomic mass is 9.98. The highest BCUT2D eigenvalue weighted by molar-refractivity contribution is 7.00. The van der Waals surface area contributed by atoms with Crippen LogP contribution in [0.2, 0.25) is 0 Å². The first-order chi connectivity index (χ1) is 21.9. The van der Waals surface area contributed by atoms with Gasteiger partial charge in [-0.05, 0) is 37.5 Å². The molecule has 0 unspecified atom stereocenters. The predicted molar refractivity (Wildman–Crippen MR) is 172 cm³/mol. The Bertz CT molecular complexity index is 1890. The molecular formula is C35H32BrN5O4S. The van der Waals surface area contributed by atoms with E-state index in [-0.39, 0.29) is 36.2 Å². The topological polar surface area (TPSA) is 106 Å². The third-order valence-corrected chi connectivity index (χ3v) is 8.23. The first-order valence-electron chi connectivity index (χ1n) is 14.9. The van der Waals surface area contributed by atoms with Crippen LogP contribution < -0.4 is 21.5 Å². The van der Waals surface area contributed by atoms with Crippen molar-refractivity contribution in [1.29, 1.82) is 0 Å². The van der Waals surface area contributed by atoms with E-state index in [1.165, 1.54) is 22.9 Å². The van der Waals surface area contributed by atoms with Gasteiger partial charge in [0.15, 0.2) is 12.4 Å². The molecule has 3 aromatic heterocycles. The number of hydrogen-bond acceptors (Lipinski definition) is 8. The van der Waals surface area contributed by atoms with Gasteiger partial charge in [-0.15, -0.1) is 5.06 Å². The van der Waals surface area contributed by atoms with Gasteiger partial charge >= 0.3 is 5.97 Å². The predicted octanol–water partition coefficient (Wildman–Crippen LogP) is 3.28. The van der Waals surface area contributed by atoms with E-state index in [1.807, 2.05) is 36.7 Å². The van der Waals surface area contributed by atoms with Crippen LogP contribution in [0.25, 0.3) is 45.6 Å². The van der Waals surface area contributed by atoms with Crippen LogP contribution in [0.4, 0.5) is 0 Å². The number of halogens is 1. The maximum absolute atomic E-state index is 12.0. The van der Waals surface area contributed by atoms with E-state index in [9.17, 15) is 14.4 Å². The molecular weight excluding hydrogens is 666 g/mol. The highest BCUT2D eigenvalue weighted by atomic mass is 79.9. The summed E-state index contributed by atoms with van der Waals surface area (Å²) in [4.78, 5) is 45.4. The number of hydrogen-bond donors (Lipinski definition) is 0. The summed E-state index contributed by atoms with van der Waals surface area (Å²) in [6, 6.07) is 20.8.